The molecule has 6 nitrogen and oxygen atoms in total. The molecule has 2 heterocycles. The summed E-state index contributed by atoms with van der Waals surface area (Å²) in [5, 5.41) is 18.8. The highest BCUT2D eigenvalue weighted by molar-refractivity contribution is 8.00. The third kappa shape index (κ3) is 4.42. The van der Waals surface area contributed by atoms with Crippen LogP contribution in [0.4, 0.5) is 16.5 Å². The quantitative estimate of drug-likeness (QED) is 0.232. The minimum atomic E-state index is -0.105. The Bertz CT molecular complexity index is 1430. The van der Waals surface area contributed by atoms with E-state index in [1.165, 1.54) is 29.0 Å². The molecule has 0 aliphatic heterocycles. The number of thioether (sulfide) groups is 1. The van der Waals surface area contributed by atoms with Gasteiger partial charge in [0.25, 0.3) is 0 Å². The molecule has 0 aliphatic carbocycles. The molecule has 0 saturated heterocycles. The van der Waals surface area contributed by atoms with Crippen molar-refractivity contribution in [2.24, 2.45) is 0 Å². The van der Waals surface area contributed by atoms with Crippen molar-refractivity contribution in [1.82, 2.24) is 15.2 Å². The van der Waals surface area contributed by atoms with Crippen LogP contribution in [0.25, 0.3) is 21.7 Å². The van der Waals surface area contributed by atoms with Gasteiger partial charge in [0.05, 0.1) is 11.2 Å². The standard InChI is InChI=1S/C24H19N5OS2/c1-15(30)25-16-7-6-8-17(13-16)26-23-28-29-24(32-23)31-14-22-20-11-3-2-9-18(20)19-10-4-5-12-21(19)27-22/h2-13H,14H2,1H3,(H,25,30)(H,26,28). The number of para-hydroxylation sites is 1. The van der Waals surface area contributed by atoms with Gasteiger partial charge in [-0.15, -0.1) is 10.2 Å². The van der Waals surface area contributed by atoms with Gasteiger partial charge in [0.15, 0.2) is 4.34 Å². The Morgan fingerprint density at radius 3 is 2.50 bits per heavy atom. The summed E-state index contributed by atoms with van der Waals surface area (Å²) in [6.07, 6.45) is 0. The summed E-state index contributed by atoms with van der Waals surface area (Å²) in [5.74, 6) is 0.601. The predicted molar refractivity (Wildman–Crippen MR) is 133 cm³/mol. The van der Waals surface area contributed by atoms with Gasteiger partial charge in [-0.05, 0) is 29.7 Å². The number of amides is 1. The van der Waals surface area contributed by atoms with E-state index in [4.69, 9.17) is 4.98 Å². The number of anilines is 3. The number of nitrogens with one attached hydrogen (secondary N) is 2. The van der Waals surface area contributed by atoms with E-state index < -0.39 is 0 Å². The van der Waals surface area contributed by atoms with E-state index in [0.29, 0.717) is 10.9 Å². The average molecular weight is 458 g/mol. The molecule has 0 spiro atoms. The first kappa shape index (κ1) is 20.4. The molecule has 0 unspecified atom stereocenters. The molecule has 5 rings (SSSR count). The Kier molecular flexibility index (Phi) is 5.70. The van der Waals surface area contributed by atoms with Gasteiger partial charge in [-0.25, -0.2) is 0 Å². The van der Waals surface area contributed by atoms with Crippen LogP contribution >= 0.6 is 23.1 Å². The Morgan fingerprint density at radius 1 is 0.906 bits per heavy atom. The Labute approximate surface area is 193 Å². The van der Waals surface area contributed by atoms with E-state index in [9.17, 15) is 4.79 Å². The van der Waals surface area contributed by atoms with Crippen LogP contribution < -0.4 is 10.6 Å². The lowest BCUT2D eigenvalue weighted by Gasteiger charge is -2.08. The van der Waals surface area contributed by atoms with Crippen molar-refractivity contribution in [2.75, 3.05) is 10.6 Å². The van der Waals surface area contributed by atoms with E-state index >= 15 is 0 Å². The second-order valence-electron chi connectivity index (χ2n) is 7.17. The van der Waals surface area contributed by atoms with E-state index in [0.717, 1.165) is 32.3 Å². The summed E-state index contributed by atoms with van der Waals surface area (Å²) in [6, 6.07) is 24.1. The van der Waals surface area contributed by atoms with E-state index in [1.54, 1.807) is 11.8 Å². The van der Waals surface area contributed by atoms with Gasteiger partial charge in [-0.1, -0.05) is 71.6 Å². The van der Waals surface area contributed by atoms with E-state index in [1.807, 2.05) is 36.4 Å². The second-order valence-corrected chi connectivity index (χ2v) is 9.37. The highest BCUT2D eigenvalue weighted by atomic mass is 32.2. The van der Waals surface area contributed by atoms with Crippen LogP contribution in [0.2, 0.25) is 0 Å². The molecule has 158 valence electrons. The normalized spacial score (nSPS) is 11.0. The minimum Gasteiger partial charge on any atom is -0.330 e. The fourth-order valence-electron chi connectivity index (χ4n) is 3.53. The zero-order valence-corrected chi connectivity index (χ0v) is 18.8. The maximum Gasteiger partial charge on any atom is 0.221 e. The molecule has 1 amide bonds. The molecule has 0 saturated carbocycles. The van der Waals surface area contributed by atoms with E-state index in [-0.39, 0.29) is 5.91 Å². The molecule has 8 heteroatoms. The molecule has 0 bridgehead atoms. The number of benzene rings is 3. The van der Waals surface area contributed by atoms with Crippen molar-refractivity contribution in [1.29, 1.82) is 0 Å². The average Bonchev–Trinajstić information content (AvgIpc) is 3.24. The zero-order valence-electron chi connectivity index (χ0n) is 17.2. The molecule has 32 heavy (non-hydrogen) atoms. The number of nitrogens with zero attached hydrogens (tertiary/aromatic N) is 3. The van der Waals surface area contributed by atoms with Crippen molar-refractivity contribution in [3.8, 4) is 0 Å². The number of pyridine rings is 1. The van der Waals surface area contributed by atoms with Crippen LogP contribution in [0.3, 0.4) is 0 Å². The number of carbonyl (C=O) groups is 1. The van der Waals surface area contributed by atoms with Crippen molar-refractivity contribution in [2.45, 2.75) is 17.0 Å². The lowest BCUT2D eigenvalue weighted by atomic mass is 10.0. The molecule has 0 aliphatic rings. The Balaban J connectivity index is 1.33. The maximum absolute atomic E-state index is 11.3. The highest BCUT2D eigenvalue weighted by Crippen LogP contribution is 2.33. The molecule has 3 aromatic carbocycles. The molecular weight excluding hydrogens is 438 g/mol. The topological polar surface area (TPSA) is 79.8 Å². The first-order valence-electron chi connectivity index (χ1n) is 10.0. The van der Waals surface area contributed by atoms with Gasteiger partial charge in [-0.3, -0.25) is 9.78 Å². The van der Waals surface area contributed by atoms with Crippen molar-refractivity contribution >= 4 is 67.2 Å². The van der Waals surface area contributed by atoms with Crippen LogP contribution in [0.1, 0.15) is 12.6 Å². The molecule has 2 aromatic heterocycles. The van der Waals surface area contributed by atoms with Crippen molar-refractivity contribution < 1.29 is 4.79 Å². The summed E-state index contributed by atoms with van der Waals surface area (Å²) in [7, 11) is 0. The van der Waals surface area contributed by atoms with Crippen LogP contribution in [-0.2, 0) is 10.5 Å². The number of fused-ring (bicyclic) bond motifs is 3. The summed E-state index contributed by atoms with van der Waals surface area (Å²) < 4.78 is 0.865. The van der Waals surface area contributed by atoms with Gasteiger partial charge in [0.1, 0.15) is 0 Å². The fraction of sp³-hybridized carbons (Fsp3) is 0.0833. The number of hydrogen-bond donors (Lipinski definition) is 2. The lowest BCUT2D eigenvalue weighted by molar-refractivity contribution is -0.114. The SMILES string of the molecule is CC(=O)Nc1cccc(Nc2nnc(SCc3nc4ccccc4c4ccccc34)s2)c1. The summed E-state index contributed by atoms with van der Waals surface area (Å²) in [4.78, 5) is 16.2. The summed E-state index contributed by atoms with van der Waals surface area (Å²) >= 11 is 3.12. The Morgan fingerprint density at radius 2 is 1.66 bits per heavy atom. The summed E-state index contributed by atoms with van der Waals surface area (Å²) in [6.45, 7) is 1.49. The van der Waals surface area contributed by atoms with Gasteiger partial charge in [0, 0.05) is 34.8 Å². The van der Waals surface area contributed by atoms with Gasteiger partial charge >= 0.3 is 0 Å². The van der Waals surface area contributed by atoms with Gasteiger partial charge in [-0.2, -0.15) is 0 Å². The molecule has 0 fully saturated rings. The Hall–Kier alpha value is -3.49. The second kappa shape index (κ2) is 8.94. The third-order valence-electron chi connectivity index (χ3n) is 4.86. The van der Waals surface area contributed by atoms with Crippen molar-refractivity contribution in [3.05, 3.63) is 78.5 Å². The molecule has 2 N–H and O–H groups in total. The summed E-state index contributed by atoms with van der Waals surface area (Å²) in [5.41, 5.74) is 3.61. The number of hydrogen-bond acceptors (Lipinski definition) is 7. The molecule has 0 radical (unpaired) electrons. The van der Waals surface area contributed by atoms with Crippen LogP contribution in [0.5, 0.6) is 0 Å². The largest absolute Gasteiger partial charge is 0.330 e. The highest BCUT2D eigenvalue weighted by Gasteiger charge is 2.11. The molecule has 0 atom stereocenters. The van der Waals surface area contributed by atoms with Gasteiger partial charge in [0.2, 0.25) is 11.0 Å². The minimum absolute atomic E-state index is 0.105. The zero-order chi connectivity index (χ0) is 21.9. The van der Waals surface area contributed by atoms with Crippen molar-refractivity contribution in [3.63, 3.8) is 0 Å². The first-order valence-corrected chi connectivity index (χ1v) is 11.8. The third-order valence-corrected chi connectivity index (χ3v) is 6.84. The van der Waals surface area contributed by atoms with Crippen LogP contribution in [-0.4, -0.2) is 21.1 Å². The van der Waals surface area contributed by atoms with Gasteiger partial charge < -0.3 is 10.6 Å². The predicted octanol–water partition coefficient (Wildman–Crippen LogP) is 6.23. The molecule has 5 aromatic rings. The monoisotopic (exact) mass is 457 g/mol. The lowest BCUT2D eigenvalue weighted by Crippen LogP contribution is -2.05. The smallest absolute Gasteiger partial charge is 0.221 e. The fourth-order valence-corrected chi connectivity index (χ4v) is 5.26. The maximum atomic E-state index is 11.3. The molecular formula is C24H19N5OS2. The number of carbonyl (C=O) groups excluding carboxylic acids is 1. The van der Waals surface area contributed by atoms with Crippen LogP contribution in [0, 0.1) is 0 Å². The van der Waals surface area contributed by atoms with E-state index in [2.05, 4.69) is 57.2 Å². The van der Waals surface area contributed by atoms with Crippen LogP contribution in [0.15, 0.2) is 77.1 Å². The number of rotatable bonds is 6. The number of aromatic nitrogens is 3. The first-order chi connectivity index (χ1) is 15.7.